The molecule has 2 N–H and O–H groups in total. The van der Waals surface area contributed by atoms with Gasteiger partial charge in [-0.1, -0.05) is 5.16 Å². The number of aromatic nitrogens is 3. The zero-order valence-electron chi connectivity index (χ0n) is 10.3. The minimum absolute atomic E-state index is 0.405. The Balaban J connectivity index is 2.01. The standard InChI is InChI=1S/C13H7Br3N4O/c14-7-4-9(16)11(18-5-7)12-19-13(21-20-12)6-1-2-10(17)8(15)3-6/h1-5H,17H2. The largest absolute Gasteiger partial charge is 0.398 e. The van der Waals surface area contributed by atoms with Crippen LogP contribution in [0.5, 0.6) is 0 Å². The molecule has 5 nitrogen and oxygen atoms in total. The summed E-state index contributed by atoms with van der Waals surface area (Å²) >= 11 is 10.2. The van der Waals surface area contributed by atoms with Gasteiger partial charge in [0.25, 0.3) is 5.89 Å². The summed E-state index contributed by atoms with van der Waals surface area (Å²) in [5, 5.41) is 3.96. The van der Waals surface area contributed by atoms with E-state index in [0.717, 1.165) is 19.0 Å². The molecule has 0 saturated carbocycles. The Kier molecular flexibility index (Phi) is 4.10. The molecule has 8 heteroatoms. The van der Waals surface area contributed by atoms with Gasteiger partial charge < -0.3 is 10.3 Å². The maximum absolute atomic E-state index is 5.76. The molecule has 0 bridgehead atoms. The molecule has 0 fully saturated rings. The number of halogens is 3. The summed E-state index contributed by atoms with van der Waals surface area (Å²) in [6, 6.07) is 7.30. The highest BCUT2D eigenvalue weighted by Crippen LogP contribution is 2.30. The first-order chi connectivity index (χ1) is 10.0. The number of hydrogen-bond donors (Lipinski definition) is 1. The van der Waals surface area contributed by atoms with Crippen LogP contribution in [0.25, 0.3) is 23.0 Å². The van der Waals surface area contributed by atoms with Crippen LogP contribution in [0.2, 0.25) is 0 Å². The number of hydrogen-bond acceptors (Lipinski definition) is 5. The number of rotatable bonds is 2. The lowest BCUT2D eigenvalue weighted by Gasteiger charge is -1.99. The van der Waals surface area contributed by atoms with Gasteiger partial charge in [-0.25, -0.2) is 0 Å². The molecule has 0 amide bonds. The van der Waals surface area contributed by atoms with Crippen LogP contribution in [-0.4, -0.2) is 15.1 Å². The molecule has 0 saturated heterocycles. The summed E-state index contributed by atoms with van der Waals surface area (Å²) in [7, 11) is 0. The molecule has 3 aromatic rings. The van der Waals surface area contributed by atoms with Crippen molar-refractivity contribution in [2.24, 2.45) is 0 Å². The van der Waals surface area contributed by atoms with Crippen LogP contribution < -0.4 is 5.73 Å². The van der Waals surface area contributed by atoms with E-state index in [-0.39, 0.29) is 0 Å². The Morgan fingerprint density at radius 2 is 1.86 bits per heavy atom. The molecule has 0 aliphatic heterocycles. The van der Waals surface area contributed by atoms with E-state index in [1.165, 1.54) is 0 Å². The molecule has 2 aromatic heterocycles. The molecular weight excluding hydrogens is 468 g/mol. The van der Waals surface area contributed by atoms with Gasteiger partial charge >= 0.3 is 0 Å². The van der Waals surface area contributed by atoms with Crippen molar-refractivity contribution in [1.82, 2.24) is 15.1 Å². The average Bonchev–Trinajstić information content (AvgIpc) is 2.91. The minimum Gasteiger partial charge on any atom is -0.398 e. The van der Waals surface area contributed by atoms with Gasteiger partial charge in [0.15, 0.2) is 0 Å². The molecule has 0 unspecified atom stereocenters. The van der Waals surface area contributed by atoms with Crippen LogP contribution in [-0.2, 0) is 0 Å². The third-order valence-corrected chi connectivity index (χ3v) is 4.42. The van der Waals surface area contributed by atoms with Gasteiger partial charge in [-0.15, -0.1) is 0 Å². The predicted molar refractivity (Wildman–Crippen MR) is 90.5 cm³/mol. The van der Waals surface area contributed by atoms with Crippen molar-refractivity contribution in [3.05, 3.63) is 43.9 Å². The number of pyridine rings is 1. The molecule has 1 aromatic carbocycles. The van der Waals surface area contributed by atoms with E-state index >= 15 is 0 Å². The summed E-state index contributed by atoms with van der Waals surface area (Å²) in [4.78, 5) is 8.64. The Bertz CT molecular complexity index is 819. The van der Waals surface area contributed by atoms with Gasteiger partial charge in [0.05, 0.1) is 0 Å². The Morgan fingerprint density at radius 3 is 2.57 bits per heavy atom. The number of benzene rings is 1. The lowest BCUT2D eigenvalue weighted by molar-refractivity contribution is 0.432. The second kappa shape index (κ2) is 5.86. The summed E-state index contributed by atoms with van der Waals surface area (Å²) in [5.74, 6) is 0.819. The SMILES string of the molecule is Nc1ccc(-c2nc(-c3ncc(Br)cc3Br)no2)cc1Br. The van der Waals surface area contributed by atoms with E-state index in [1.54, 1.807) is 12.3 Å². The third-order valence-electron chi connectivity index (χ3n) is 2.69. The quantitative estimate of drug-likeness (QED) is 0.546. The molecule has 0 aliphatic rings. The molecule has 106 valence electrons. The van der Waals surface area contributed by atoms with E-state index in [4.69, 9.17) is 10.3 Å². The Hall–Kier alpha value is -1.25. The lowest BCUT2D eigenvalue weighted by atomic mass is 10.2. The normalized spacial score (nSPS) is 10.8. The van der Waals surface area contributed by atoms with Gasteiger partial charge in [-0.05, 0) is 72.1 Å². The second-order valence-corrected chi connectivity index (χ2v) is 6.77. The van der Waals surface area contributed by atoms with Crippen molar-refractivity contribution < 1.29 is 4.52 Å². The van der Waals surface area contributed by atoms with Crippen molar-refractivity contribution in [3.63, 3.8) is 0 Å². The number of nitrogens with zero attached hydrogens (tertiary/aromatic N) is 3. The first-order valence-electron chi connectivity index (χ1n) is 5.75. The zero-order chi connectivity index (χ0) is 15.0. The number of nitrogens with two attached hydrogens (primary N) is 1. The van der Waals surface area contributed by atoms with Gasteiger partial charge in [0.2, 0.25) is 5.82 Å². The number of anilines is 1. The molecule has 0 aliphatic carbocycles. The first kappa shape index (κ1) is 14.7. The fourth-order valence-electron chi connectivity index (χ4n) is 1.68. The van der Waals surface area contributed by atoms with Crippen molar-refractivity contribution >= 4 is 53.5 Å². The third kappa shape index (κ3) is 3.02. The smallest absolute Gasteiger partial charge is 0.258 e. The van der Waals surface area contributed by atoms with Crippen molar-refractivity contribution in [3.8, 4) is 23.0 Å². The highest BCUT2D eigenvalue weighted by atomic mass is 79.9. The van der Waals surface area contributed by atoms with Gasteiger partial charge in [0, 0.05) is 30.9 Å². The van der Waals surface area contributed by atoms with Crippen molar-refractivity contribution in [1.29, 1.82) is 0 Å². The number of nitrogen functional groups attached to an aromatic ring is 1. The minimum atomic E-state index is 0.405. The van der Waals surface area contributed by atoms with Gasteiger partial charge in [-0.2, -0.15) is 4.98 Å². The summed E-state index contributed by atoms with van der Waals surface area (Å²) in [6.07, 6.45) is 1.68. The molecule has 21 heavy (non-hydrogen) atoms. The summed E-state index contributed by atoms with van der Waals surface area (Å²) < 4.78 is 7.72. The molecule has 0 spiro atoms. The van der Waals surface area contributed by atoms with Crippen LogP contribution in [0.4, 0.5) is 5.69 Å². The van der Waals surface area contributed by atoms with Gasteiger partial charge in [0.1, 0.15) is 5.69 Å². The van der Waals surface area contributed by atoms with Crippen LogP contribution in [0, 0.1) is 0 Å². The lowest BCUT2D eigenvalue weighted by Crippen LogP contribution is -1.88. The van der Waals surface area contributed by atoms with E-state index in [9.17, 15) is 0 Å². The topological polar surface area (TPSA) is 77.8 Å². The highest BCUT2D eigenvalue weighted by molar-refractivity contribution is 9.11. The Morgan fingerprint density at radius 1 is 1.05 bits per heavy atom. The molecule has 2 heterocycles. The summed E-state index contributed by atoms with van der Waals surface area (Å²) in [5.41, 5.74) is 7.81. The van der Waals surface area contributed by atoms with Crippen LogP contribution in [0.1, 0.15) is 0 Å². The van der Waals surface area contributed by atoms with E-state index in [2.05, 4.69) is 62.9 Å². The van der Waals surface area contributed by atoms with E-state index in [1.807, 2.05) is 18.2 Å². The summed E-state index contributed by atoms with van der Waals surface area (Å²) in [6.45, 7) is 0. The molecule has 0 atom stereocenters. The van der Waals surface area contributed by atoms with Crippen LogP contribution >= 0.6 is 47.8 Å². The van der Waals surface area contributed by atoms with E-state index in [0.29, 0.717) is 23.1 Å². The van der Waals surface area contributed by atoms with Crippen molar-refractivity contribution in [2.45, 2.75) is 0 Å². The predicted octanol–water partition coefficient (Wildman–Crippen LogP) is 4.67. The molecule has 3 rings (SSSR count). The average molecular weight is 475 g/mol. The second-order valence-electron chi connectivity index (χ2n) is 4.14. The van der Waals surface area contributed by atoms with Gasteiger partial charge in [-0.3, -0.25) is 4.98 Å². The first-order valence-corrected chi connectivity index (χ1v) is 8.13. The van der Waals surface area contributed by atoms with Crippen LogP contribution in [0.15, 0.2) is 48.4 Å². The van der Waals surface area contributed by atoms with Crippen molar-refractivity contribution in [2.75, 3.05) is 5.73 Å². The van der Waals surface area contributed by atoms with Crippen LogP contribution in [0.3, 0.4) is 0 Å². The molecular formula is C13H7Br3N4O. The maximum atomic E-state index is 5.76. The fourth-order valence-corrected chi connectivity index (χ4v) is 3.22. The monoisotopic (exact) mass is 472 g/mol. The Labute approximate surface area is 145 Å². The molecule has 0 radical (unpaired) electrons. The van der Waals surface area contributed by atoms with E-state index < -0.39 is 0 Å². The zero-order valence-corrected chi connectivity index (χ0v) is 15.1. The maximum Gasteiger partial charge on any atom is 0.258 e. The fraction of sp³-hybridized carbons (Fsp3) is 0. The highest BCUT2D eigenvalue weighted by Gasteiger charge is 2.15.